The minimum absolute atomic E-state index is 0.242. The third-order valence-electron chi connectivity index (χ3n) is 3.55. The Balaban J connectivity index is 1.97. The van der Waals surface area contributed by atoms with Crippen LogP contribution >= 0.6 is 0 Å². The molecule has 0 spiro atoms. The summed E-state index contributed by atoms with van der Waals surface area (Å²) in [4.78, 5) is 14.2. The minimum Gasteiger partial charge on any atom is -0.465 e. The van der Waals surface area contributed by atoms with Gasteiger partial charge in [-0.2, -0.15) is 0 Å². The minimum atomic E-state index is -0.812. The van der Waals surface area contributed by atoms with Crippen LogP contribution < -0.4 is 5.73 Å². The molecule has 2 N–H and O–H groups in total. The second kappa shape index (κ2) is 5.33. The van der Waals surface area contributed by atoms with Gasteiger partial charge in [-0.1, -0.05) is 0 Å². The third kappa shape index (κ3) is 2.97. The van der Waals surface area contributed by atoms with E-state index in [2.05, 4.69) is 4.90 Å². The van der Waals surface area contributed by atoms with Gasteiger partial charge in [-0.25, -0.2) is 4.79 Å². The number of nitrogens with zero attached hydrogens (tertiary/aromatic N) is 1. The fourth-order valence-electron chi connectivity index (χ4n) is 2.35. The number of esters is 1. The number of hydrogen-bond acceptors (Lipinski definition) is 5. The van der Waals surface area contributed by atoms with Gasteiger partial charge in [-0.3, -0.25) is 4.90 Å². The van der Waals surface area contributed by atoms with E-state index in [9.17, 15) is 4.79 Å². The Labute approximate surface area is 102 Å². The second-order valence-corrected chi connectivity index (χ2v) is 4.92. The van der Waals surface area contributed by atoms with Crippen molar-refractivity contribution in [3.8, 4) is 0 Å². The van der Waals surface area contributed by atoms with Crippen LogP contribution in [0.2, 0.25) is 0 Å². The van der Waals surface area contributed by atoms with Gasteiger partial charge in [0.25, 0.3) is 0 Å². The lowest BCUT2D eigenvalue weighted by Crippen LogP contribution is -2.60. The van der Waals surface area contributed by atoms with E-state index in [1.165, 1.54) is 0 Å². The quantitative estimate of drug-likeness (QED) is 0.687. The van der Waals surface area contributed by atoms with Crippen LogP contribution in [0.3, 0.4) is 0 Å². The average Bonchev–Trinajstić information content (AvgIpc) is 3.14. The highest BCUT2D eigenvalue weighted by atomic mass is 16.5. The lowest BCUT2D eigenvalue weighted by atomic mass is 9.93. The first-order chi connectivity index (χ1) is 8.16. The molecule has 2 aliphatic rings. The van der Waals surface area contributed by atoms with Crippen LogP contribution in [0.5, 0.6) is 0 Å². The van der Waals surface area contributed by atoms with E-state index in [0.29, 0.717) is 19.1 Å². The predicted molar refractivity (Wildman–Crippen MR) is 63.5 cm³/mol. The number of nitrogens with two attached hydrogens (primary N) is 1. The molecule has 2 rings (SSSR count). The maximum absolute atomic E-state index is 12.0. The van der Waals surface area contributed by atoms with E-state index < -0.39 is 5.54 Å². The summed E-state index contributed by atoms with van der Waals surface area (Å²) in [6.07, 6.45) is 2.08. The highest BCUT2D eigenvalue weighted by Crippen LogP contribution is 2.39. The predicted octanol–water partition coefficient (Wildman–Crippen LogP) is -0.0108. The Hall–Kier alpha value is -0.650. The summed E-state index contributed by atoms with van der Waals surface area (Å²) in [5.41, 5.74) is 5.49. The summed E-state index contributed by atoms with van der Waals surface area (Å²) in [6, 6.07) is 0. The van der Waals surface area contributed by atoms with Crippen LogP contribution in [0.1, 0.15) is 19.8 Å². The maximum atomic E-state index is 12.0. The van der Waals surface area contributed by atoms with Gasteiger partial charge in [-0.15, -0.1) is 0 Å². The molecule has 1 saturated heterocycles. The zero-order valence-electron chi connectivity index (χ0n) is 10.5. The van der Waals surface area contributed by atoms with Gasteiger partial charge in [-0.05, 0) is 25.7 Å². The summed E-state index contributed by atoms with van der Waals surface area (Å²) in [7, 11) is 0. The molecule has 0 bridgehead atoms. The Morgan fingerprint density at radius 3 is 2.65 bits per heavy atom. The number of hydrogen-bond donors (Lipinski definition) is 1. The molecule has 0 radical (unpaired) electrons. The van der Waals surface area contributed by atoms with Crippen molar-refractivity contribution in [2.75, 3.05) is 39.5 Å². The molecule has 1 unspecified atom stereocenters. The first-order valence-corrected chi connectivity index (χ1v) is 6.43. The molecule has 1 atom stereocenters. The maximum Gasteiger partial charge on any atom is 0.327 e. The molecular formula is C12H22N2O3. The number of ether oxygens (including phenoxy) is 2. The fourth-order valence-corrected chi connectivity index (χ4v) is 2.35. The molecule has 5 heteroatoms. The van der Waals surface area contributed by atoms with Crippen molar-refractivity contribution in [2.24, 2.45) is 11.7 Å². The van der Waals surface area contributed by atoms with Crippen molar-refractivity contribution in [2.45, 2.75) is 25.3 Å². The van der Waals surface area contributed by atoms with Crippen molar-refractivity contribution in [3.63, 3.8) is 0 Å². The van der Waals surface area contributed by atoms with Crippen LogP contribution in [0, 0.1) is 5.92 Å². The van der Waals surface area contributed by atoms with Gasteiger partial charge in [0, 0.05) is 19.6 Å². The SMILES string of the molecule is CCOC(=O)C(N)(CN1CCOCC1)C1CC1. The van der Waals surface area contributed by atoms with E-state index in [4.69, 9.17) is 15.2 Å². The molecule has 98 valence electrons. The van der Waals surface area contributed by atoms with Crippen LogP contribution in [0.25, 0.3) is 0 Å². The Bertz CT molecular complexity index is 275. The van der Waals surface area contributed by atoms with Gasteiger partial charge in [0.1, 0.15) is 5.54 Å². The summed E-state index contributed by atoms with van der Waals surface area (Å²) < 4.78 is 10.4. The van der Waals surface area contributed by atoms with Crippen LogP contribution in [-0.4, -0.2) is 55.9 Å². The molecular weight excluding hydrogens is 220 g/mol. The third-order valence-corrected chi connectivity index (χ3v) is 3.55. The van der Waals surface area contributed by atoms with Crippen molar-refractivity contribution in [3.05, 3.63) is 0 Å². The molecule has 5 nitrogen and oxygen atoms in total. The molecule has 0 amide bonds. The highest BCUT2D eigenvalue weighted by molar-refractivity contribution is 5.82. The van der Waals surface area contributed by atoms with E-state index in [-0.39, 0.29) is 5.97 Å². The Morgan fingerprint density at radius 2 is 2.12 bits per heavy atom. The number of carbonyl (C=O) groups excluding carboxylic acids is 1. The lowest BCUT2D eigenvalue weighted by molar-refractivity contribution is -0.152. The first kappa shape index (κ1) is 12.8. The number of rotatable bonds is 5. The zero-order valence-corrected chi connectivity index (χ0v) is 10.5. The van der Waals surface area contributed by atoms with Gasteiger partial charge in [0.05, 0.1) is 19.8 Å². The van der Waals surface area contributed by atoms with Crippen molar-refractivity contribution >= 4 is 5.97 Å². The number of morpholine rings is 1. The van der Waals surface area contributed by atoms with Gasteiger partial charge >= 0.3 is 5.97 Å². The second-order valence-electron chi connectivity index (χ2n) is 4.92. The van der Waals surface area contributed by atoms with Crippen molar-refractivity contribution < 1.29 is 14.3 Å². The molecule has 17 heavy (non-hydrogen) atoms. The molecule has 1 aliphatic carbocycles. The molecule has 2 fully saturated rings. The van der Waals surface area contributed by atoms with Crippen LogP contribution in [0.4, 0.5) is 0 Å². The lowest BCUT2D eigenvalue weighted by Gasteiger charge is -2.35. The van der Waals surface area contributed by atoms with Crippen LogP contribution in [0.15, 0.2) is 0 Å². The molecule has 1 saturated carbocycles. The van der Waals surface area contributed by atoms with E-state index in [1.807, 2.05) is 6.92 Å². The summed E-state index contributed by atoms with van der Waals surface area (Å²) in [5, 5.41) is 0. The summed E-state index contributed by atoms with van der Waals surface area (Å²) >= 11 is 0. The average molecular weight is 242 g/mol. The summed E-state index contributed by atoms with van der Waals surface area (Å²) in [5.74, 6) is 0.0541. The highest BCUT2D eigenvalue weighted by Gasteiger charge is 2.50. The Morgan fingerprint density at radius 1 is 1.47 bits per heavy atom. The first-order valence-electron chi connectivity index (χ1n) is 6.43. The molecule has 0 aromatic carbocycles. The van der Waals surface area contributed by atoms with Gasteiger partial charge < -0.3 is 15.2 Å². The van der Waals surface area contributed by atoms with E-state index in [0.717, 1.165) is 39.1 Å². The Kier molecular flexibility index (Phi) is 4.01. The number of carbonyl (C=O) groups is 1. The normalized spacial score (nSPS) is 25.3. The topological polar surface area (TPSA) is 64.8 Å². The summed E-state index contributed by atoms with van der Waals surface area (Å²) in [6.45, 7) is 5.97. The van der Waals surface area contributed by atoms with E-state index in [1.54, 1.807) is 0 Å². The van der Waals surface area contributed by atoms with Crippen molar-refractivity contribution in [1.82, 2.24) is 4.90 Å². The smallest absolute Gasteiger partial charge is 0.327 e. The van der Waals surface area contributed by atoms with Crippen molar-refractivity contribution in [1.29, 1.82) is 0 Å². The van der Waals surface area contributed by atoms with Gasteiger partial charge in [0.15, 0.2) is 0 Å². The fraction of sp³-hybridized carbons (Fsp3) is 0.917. The molecule has 1 heterocycles. The van der Waals surface area contributed by atoms with Gasteiger partial charge in [0.2, 0.25) is 0 Å². The monoisotopic (exact) mass is 242 g/mol. The zero-order chi connectivity index (χ0) is 12.3. The standard InChI is InChI=1S/C12H22N2O3/c1-2-17-11(15)12(13,10-3-4-10)9-14-5-7-16-8-6-14/h10H,2-9,13H2,1H3. The molecule has 0 aromatic rings. The molecule has 0 aromatic heterocycles. The molecule has 1 aliphatic heterocycles. The van der Waals surface area contributed by atoms with E-state index >= 15 is 0 Å². The largest absolute Gasteiger partial charge is 0.465 e. The van der Waals surface area contributed by atoms with Crippen LogP contribution in [-0.2, 0) is 14.3 Å².